The molecule has 13 heavy (non-hydrogen) atoms. The molecule has 0 fully saturated rings. The molecule has 1 aromatic carbocycles. The number of alkyl halides is 1. The van der Waals surface area contributed by atoms with E-state index < -0.39 is 0 Å². The van der Waals surface area contributed by atoms with Crippen molar-refractivity contribution in [2.75, 3.05) is 0 Å². The van der Waals surface area contributed by atoms with Gasteiger partial charge in [0, 0.05) is 5.39 Å². The van der Waals surface area contributed by atoms with Crippen LogP contribution in [-0.2, 0) is 5.88 Å². The van der Waals surface area contributed by atoms with Crippen LogP contribution < -0.4 is 0 Å². The molecule has 0 spiro atoms. The van der Waals surface area contributed by atoms with Gasteiger partial charge in [-0.25, -0.2) is 0 Å². The Kier molecular flexibility index (Phi) is 3.70. The van der Waals surface area contributed by atoms with Crippen LogP contribution in [0.3, 0.4) is 0 Å². The van der Waals surface area contributed by atoms with E-state index in [1.807, 2.05) is 36.4 Å². The van der Waals surface area contributed by atoms with Gasteiger partial charge < -0.3 is 0 Å². The van der Waals surface area contributed by atoms with E-state index in [0.29, 0.717) is 5.88 Å². The number of nitrogens with zero attached hydrogens (tertiary/aromatic N) is 1. The summed E-state index contributed by atoms with van der Waals surface area (Å²) in [7, 11) is 0. The van der Waals surface area contributed by atoms with E-state index in [-0.39, 0.29) is 17.0 Å². The highest BCUT2D eigenvalue weighted by Crippen LogP contribution is 2.12. The third-order valence-corrected chi connectivity index (χ3v) is 2.07. The lowest BCUT2D eigenvalue weighted by Gasteiger charge is -1.97. The van der Waals surface area contributed by atoms with E-state index in [1.165, 1.54) is 0 Å². The van der Waals surface area contributed by atoms with Gasteiger partial charge in [-0.2, -0.15) is 0 Å². The summed E-state index contributed by atoms with van der Waals surface area (Å²) < 4.78 is 0. The van der Waals surface area contributed by atoms with Gasteiger partial charge in [-0.05, 0) is 12.1 Å². The van der Waals surface area contributed by atoms with E-state index in [9.17, 15) is 0 Å². The molecule has 0 N–H and O–H groups in total. The predicted octanol–water partition coefficient (Wildman–Crippen LogP) is 3.55. The fraction of sp³-hybridized carbons (Fsp3) is 0.100. The normalized spacial score (nSPS) is 9.62. The molecule has 0 radical (unpaired) electrons. The van der Waals surface area contributed by atoms with Crippen molar-refractivity contribution in [1.29, 1.82) is 0 Å². The summed E-state index contributed by atoms with van der Waals surface area (Å²) in [6.45, 7) is 0. The summed E-state index contributed by atoms with van der Waals surface area (Å²) in [5.41, 5.74) is 1.94. The Balaban J connectivity index is 0.000000845. The van der Waals surface area contributed by atoms with Crippen molar-refractivity contribution in [3.05, 3.63) is 42.1 Å². The van der Waals surface area contributed by atoms with Crippen LogP contribution >= 0.6 is 28.6 Å². The molecule has 0 bridgehead atoms. The number of benzene rings is 1. The minimum atomic E-state index is 0. The summed E-state index contributed by atoms with van der Waals surface area (Å²) in [5.74, 6) is 0.477. The van der Waals surface area contributed by atoms with Gasteiger partial charge in [0.2, 0.25) is 0 Å². The van der Waals surface area contributed by atoms with Crippen LogP contribution in [0.15, 0.2) is 36.4 Å². The number of hydrogen-bond acceptors (Lipinski definition) is 1. The lowest BCUT2D eigenvalue weighted by atomic mass is 10.2. The van der Waals surface area contributed by atoms with Crippen LogP contribution in [0, 0.1) is 0 Å². The highest BCUT2D eigenvalue weighted by molar-refractivity contribution is 8.93. The first-order valence-electron chi connectivity index (χ1n) is 3.81. The minimum absolute atomic E-state index is 0. The topological polar surface area (TPSA) is 12.9 Å². The van der Waals surface area contributed by atoms with Crippen molar-refractivity contribution in [2.45, 2.75) is 5.88 Å². The zero-order chi connectivity index (χ0) is 8.39. The van der Waals surface area contributed by atoms with Gasteiger partial charge in [0.1, 0.15) is 0 Å². The Morgan fingerprint density at radius 3 is 2.62 bits per heavy atom. The zero-order valence-electron chi connectivity index (χ0n) is 6.90. The van der Waals surface area contributed by atoms with Crippen molar-refractivity contribution in [3.8, 4) is 0 Å². The number of rotatable bonds is 1. The van der Waals surface area contributed by atoms with Gasteiger partial charge in [0.15, 0.2) is 0 Å². The monoisotopic (exact) mass is 257 g/mol. The summed E-state index contributed by atoms with van der Waals surface area (Å²) in [4.78, 5) is 4.36. The Bertz CT molecular complexity index is 403. The summed E-state index contributed by atoms with van der Waals surface area (Å²) in [6.07, 6.45) is 0. The van der Waals surface area contributed by atoms with Crippen LogP contribution in [0.2, 0.25) is 0 Å². The second kappa shape index (κ2) is 4.58. The third-order valence-electron chi connectivity index (χ3n) is 1.79. The molecule has 0 aliphatic rings. The SMILES string of the molecule is Br.ClCc1ccc2ccccc2n1. The summed E-state index contributed by atoms with van der Waals surface area (Å²) in [6, 6.07) is 12.0. The van der Waals surface area contributed by atoms with Crippen LogP contribution in [-0.4, -0.2) is 4.98 Å². The average molecular weight is 259 g/mol. The van der Waals surface area contributed by atoms with Gasteiger partial charge in [-0.3, -0.25) is 4.98 Å². The van der Waals surface area contributed by atoms with E-state index in [4.69, 9.17) is 11.6 Å². The number of pyridine rings is 1. The van der Waals surface area contributed by atoms with Crippen LogP contribution in [0.1, 0.15) is 5.69 Å². The molecule has 0 aliphatic carbocycles. The molecule has 1 aromatic heterocycles. The van der Waals surface area contributed by atoms with Crippen molar-refractivity contribution >= 4 is 39.5 Å². The maximum atomic E-state index is 5.66. The van der Waals surface area contributed by atoms with Crippen molar-refractivity contribution in [2.24, 2.45) is 0 Å². The third kappa shape index (κ3) is 2.20. The zero-order valence-corrected chi connectivity index (χ0v) is 9.37. The maximum absolute atomic E-state index is 5.66. The van der Waals surface area contributed by atoms with Gasteiger partial charge in [-0.1, -0.05) is 24.3 Å². The van der Waals surface area contributed by atoms with Gasteiger partial charge in [-0.15, -0.1) is 28.6 Å². The fourth-order valence-corrected chi connectivity index (χ4v) is 1.33. The second-order valence-electron chi connectivity index (χ2n) is 2.63. The number of para-hydroxylation sites is 1. The fourth-order valence-electron chi connectivity index (χ4n) is 1.18. The van der Waals surface area contributed by atoms with Crippen molar-refractivity contribution < 1.29 is 0 Å². The highest BCUT2D eigenvalue weighted by atomic mass is 79.9. The van der Waals surface area contributed by atoms with Gasteiger partial charge >= 0.3 is 0 Å². The molecule has 1 heterocycles. The quantitative estimate of drug-likeness (QED) is 0.713. The van der Waals surface area contributed by atoms with E-state index >= 15 is 0 Å². The number of halogens is 2. The molecule has 0 saturated carbocycles. The number of hydrogen-bond donors (Lipinski definition) is 0. The number of aromatic nitrogens is 1. The predicted molar refractivity (Wildman–Crippen MR) is 61.6 cm³/mol. The average Bonchev–Trinajstić information content (AvgIpc) is 2.17. The Morgan fingerprint density at radius 2 is 1.85 bits per heavy atom. The number of fused-ring (bicyclic) bond motifs is 1. The van der Waals surface area contributed by atoms with E-state index in [2.05, 4.69) is 4.98 Å². The molecule has 68 valence electrons. The Morgan fingerprint density at radius 1 is 1.08 bits per heavy atom. The molecule has 0 saturated heterocycles. The molecular weight excluding hydrogens is 249 g/mol. The Labute approximate surface area is 92.5 Å². The standard InChI is InChI=1S/C10H8ClN.BrH/c11-7-9-6-5-8-3-1-2-4-10(8)12-9;/h1-6H,7H2;1H. The molecule has 0 aliphatic heterocycles. The molecule has 1 nitrogen and oxygen atoms in total. The summed E-state index contributed by atoms with van der Waals surface area (Å²) in [5, 5.41) is 1.16. The van der Waals surface area contributed by atoms with Gasteiger partial charge in [0.05, 0.1) is 17.1 Å². The first kappa shape index (κ1) is 10.5. The highest BCUT2D eigenvalue weighted by Gasteiger charge is 1.94. The molecular formula is C10H9BrClN. The van der Waals surface area contributed by atoms with Gasteiger partial charge in [0.25, 0.3) is 0 Å². The van der Waals surface area contributed by atoms with Crippen LogP contribution in [0.5, 0.6) is 0 Å². The van der Waals surface area contributed by atoms with Crippen molar-refractivity contribution in [3.63, 3.8) is 0 Å². The first-order valence-corrected chi connectivity index (χ1v) is 4.34. The lowest BCUT2D eigenvalue weighted by molar-refractivity contribution is 1.22. The molecule has 0 atom stereocenters. The molecule has 0 unspecified atom stereocenters. The maximum Gasteiger partial charge on any atom is 0.0705 e. The molecule has 2 rings (SSSR count). The minimum Gasteiger partial charge on any atom is -0.252 e. The molecule has 3 heteroatoms. The summed E-state index contributed by atoms with van der Waals surface area (Å²) >= 11 is 5.66. The largest absolute Gasteiger partial charge is 0.252 e. The van der Waals surface area contributed by atoms with E-state index in [1.54, 1.807) is 0 Å². The molecule has 0 amide bonds. The first-order chi connectivity index (χ1) is 5.90. The second-order valence-corrected chi connectivity index (χ2v) is 2.90. The smallest absolute Gasteiger partial charge is 0.0705 e. The van der Waals surface area contributed by atoms with Crippen LogP contribution in [0.4, 0.5) is 0 Å². The van der Waals surface area contributed by atoms with Crippen molar-refractivity contribution in [1.82, 2.24) is 4.98 Å². The Hall–Kier alpha value is -0.600. The molecule has 2 aromatic rings. The lowest BCUT2D eigenvalue weighted by Crippen LogP contribution is -1.84. The van der Waals surface area contributed by atoms with Crippen LogP contribution in [0.25, 0.3) is 10.9 Å². The van der Waals surface area contributed by atoms with E-state index in [0.717, 1.165) is 16.6 Å².